The maximum absolute atomic E-state index is 10.4. The second kappa shape index (κ2) is 11.9. The van der Waals surface area contributed by atoms with E-state index in [9.17, 15) is 4.79 Å². The molecule has 3 unspecified atom stereocenters. The molecule has 0 heterocycles. The zero-order valence-electron chi connectivity index (χ0n) is 12.6. The van der Waals surface area contributed by atoms with Crippen LogP contribution in [0, 0.1) is 11.8 Å². The van der Waals surface area contributed by atoms with Crippen LogP contribution in [-0.4, -0.2) is 12.3 Å². The van der Waals surface area contributed by atoms with E-state index in [1.54, 1.807) is 0 Å². The molecule has 0 aliphatic rings. The van der Waals surface area contributed by atoms with Crippen molar-refractivity contribution in [1.82, 2.24) is 0 Å². The Morgan fingerprint density at radius 2 is 1.58 bits per heavy atom. The van der Waals surface area contributed by atoms with Crippen LogP contribution in [0.1, 0.15) is 46.5 Å². The molecule has 0 aromatic rings. The molecule has 0 radical (unpaired) electrons. The molecule has 0 amide bonds. The number of aldehydes is 1. The van der Waals surface area contributed by atoms with Crippen LogP contribution in [-0.2, 0) is 4.79 Å². The zero-order valence-corrected chi connectivity index (χ0v) is 12.6. The summed E-state index contributed by atoms with van der Waals surface area (Å²) in [6, 6.07) is 0.205. The number of carbonyl (C=O) groups excluding carboxylic acids is 1. The largest absolute Gasteiger partial charge is 0.327 e. The standard InChI is InChI=1S/C17H29NO/c1-4-11-16(3)17(18)13-10-8-6-5-7-9-12-15(2)14-19/h4,7-11,14-17H,5-6,12-13,18H2,1-3H3. The van der Waals surface area contributed by atoms with Crippen molar-refractivity contribution in [2.45, 2.75) is 52.5 Å². The summed E-state index contributed by atoms with van der Waals surface area (Å²) in [6.45, 7) is 6.11. The predicted molar refractivity (Wildman–Crippen MR) is 83.9 cm³/mol. The van der Waals surface area contributed by atoms with Crippen molar-refractivity contribution in [1.29, 1.82) is 0 Å². The Bertz CT molecular complexity index is 304. The average molecular weight is 263 g/mol. The second-order valence-electron chi connectivity index (χ2n) is 5.15. The lowest BCUT2D eigenvalue weighted by Crippen LogP contribution is -2.26. The molecule has 0 aliphatic carbocycles. The summed E-state index contributed by atoms with van der Waals surface area (Å²) in [4.78, 5) is 10.4. The molecule has 3 atom stereocenters. The molecule has 19 heavy (non-hydrogen) atoms. The van der Waals surface area contributed by atoms with Gasteiger partial charge in [-0.3, -0.25) is 0 Å². The Hall–Kier alpha value is -1.15. The van der Waals surface area contributed by atoms with E-state index < -0.39 is 0 Å². The lowest BCUT2D eigenvalue weighted by molar-refractivity contribution is -0.110. The minimum atomic E-state index is 0.137. The smallest absolute Gasteiger partial charge is 0.123 e. The second-order valence-corrected chi connectivity index (χ2v) is 5.15. The van der Waals surface area contributed by atoms with Crippen molar-refractivity contribution in [3.8, 4) is 0 Å². The summed E-state index contributed by atoms with van der Waals surface area (Å²) in [5, 5.41) is 0. The molecule has 0 aromatic carbocycles. The van der Waals surface area contributed by atoms with Crippen molar-refractivity contribution in [2.24, 2.45) is 17.6 Å². The van der Waals surface area contributed by atoms with E-state index in [2.05, 4.69) is 43.4 Å². The summed E-state index contributed by atoms with van der Waals surface area (Å²) >= 11 is 0. The zero-order chi connectivity index (χ0) is 14.5. The highest BCUT2D eigenvalue weighted by atomic mass is 16.1. The van der Waals surface area contributed by atoms with E-state index in [-0.39, 0.29) is 12.0 Å². The number of unbranched alkanes of at least 4 members (excludes halogenated alkanes) is 1. The van der Waals surface area contributed by atoms with Crippen LogP contribution in [0.2, 0.25) is 0 Å². The molecule has 0 bridgehead atoms. The van der Waals surface area contributed by atoms with Gasteiger partial charge in [-0.2, -0.15) is 0 Å². The number of rotatable bonds is 10. The maximum Gasteiger partial charge on any atom is 0.123 e. The summed E-state index contributed by atoms with van der Waals surface area (Å²) in [5.74, 6) is 0.567. The fourth-order valence-corrected chi connectivity index (χ4v) is 1.71. The Morgan fingerprint density at radius 1 is 1.00 bits per heavy atom. The van der Waals surface area contributed by atoms with Gasteiger partial charge in [0.2, 0.25) is 0 Å². The summed E-state index contributed by atoms with van der Waals surface area (Å²) < 4.78 is 0. The van der Waals surface area contributed by atoms with Gasteiger partial charge in [-0.05, 0) is 38.5 Å². The third kappa shape index (κ3) is 10.5. The van der Waals surface area contributed by atoms with Crippen LogP contribution in [0.3, 0.4) is 0 Å². The summed E-state index contributed by atoms with van der Waals surface area (Å²) in [5.41, 5.74) is 6.06. The quantitative estimate of drug-likeness (QED) is 0.367. The van der Waals surface area contributed by atoms with E-state index in [1.165, 1.54) is 0 Å². The average Bonchev–Trinajstić information content (AvgIpc) is 2.41. The van der Waals surface area contributed by atoms with Gasteiger partial charge in [0.1, 0.15) is 6.29 Å². The van der Waals surface area contributed by atoms with E-state index in [1.807, 2.05) is 13.8 Å². The number of allylic oxidation sites excluding steroid dienone is 4. The van der Waals surface area contributed by atoms with E-state index in [4.69, 9.17) is 5.73 Å². The van der Waals surface area contributed by atoms with Gasteiger partial charge in [0.05, 0.1) is 0 Å². The third-order valence-electron chi connectivity index (χ3n) is 3.15. The van der Waals surface area contributed by atoms with Crippen molar-refractivity contribution in [3.63, 3.8) is 0 Å². The topological polar surface area (TPSA) is 43.1 Å². The van der Waals surface area contributed by atoms with E-state index in [0.717, 1.165) is 32.0 Å². The molecule has 108 valence electrons. The van der Waals surface area contributed by atoms with Gasteiger partial charge < -0.3 is 10.5 Å². The Morgan fingerprint density at radius 3 is 2.11 bits per heavy atom. The third-order valence-corrected chi connectivity index (χ3v) is 3.15. The lowest BCUT2D eigenvalue weighted by atomic mass is 9.99. The van der Waals surface area contributed by atoms with Crippen molar-refractivity contribution in [2.75, 3.05) is 0 Å². The Kier molecular flexibility index (Phi) is 11.2. The van der Waals surface area contributed by atoms with Gasteiger partial charge in [-0.1, -0.05) is 50.3 Å². The van der Waals surface area contributed by atoms with Crippen molar-refractivity contribution < 1.29 is 4.79 Å². The number of nitrogens with two attached hydrogens (primary N) is 1. The van der Waals surface area contributed by atoms with Crippen LogP contribution >= 0.6 is 0 Å². The highest BCUT2D eigenvalue weighted by Gasteiger charge is 2.06. The predicted octanol–water partition coefficient (Wildman–Crippen LogP) is 4.03. The summed E-state index contributed by atoms with van der Waals surface area (Å²) in [6.07, 6.45) is 17.6. The maximum atomic E-state index is 10.4. The monoisotopic (exact) mass is 263 g/mol. The molecule has 0 fully saturated rings. The van der Waals surface area contributed by atoms with Gasteiger partial charge in [0.15, 0.2) is 0 Å². The molecule has 0 saturated heterocycles. The molecular weight excluding hydrogens is 234 g/mol. The molecule has 0 rings (SSSR count). The van der Waals surface area contributed by atoms with Crippen molar-refractivity contribution >= 4 is 6.29 Å². The van der Waals surface area contributed by atoms with Gasteiger partial charge >= 0.3 is 0 Å². The van der Waals surface area contributed by atoms with Crippen LogP contribution < -0.4 is 5.73 Å². The molecule has 0 aliphatic heterocycles. The van der Waals surface area contributed by atoms with Crippen molar-refractivity contribution in [3.05, 3.63) is 36.5 Å². The first-order valence-corrected chi connectivity index (χ1v) is 7.25. The van der Waals surface area contributed by atoms with Gasteiger partial charge in [-0.15, -0.1) is 0 Å². The van der Waals surface area contributed by atoms with E-state index in [0.29, 0.717) is 5.92 Å². The first-order valence-electron chi connectivity index (χ1n) is 7.25. The number of hydrogen-bond acceptors (Lipinski definition) is 2. The van der Waals surface area contributed by atoms with Crippen LogP contribution in [0.5, 0.6) is 0 Å². The van der Waals surface area contributed by atoms with Gasteiger partial charge in [0, 0.05) is 12.0 Å². The highest BCUT2D eigenvalue weighted by molar-refractivity contribution is 5.52. The first-order chi connectivity index (χ1) is 9.11. The van der Waals surface area contributed by atoms with Gasteiger partial charge in [0.25, 0.3) is 0 Å². The minimum Gasteiger partial charge on any atom is -0.327 e. The number of hydrogen-bond donors (Lipinski definition) is 1. The Labute approximate surface area is 118 Å². The number of carbonyl (C=O) groups is 1. The first kappa shape index (κ1) is 17.8. The molecule has 2 N–H and O–H groups in total. The van der Waals surface area contributed by atoms with Crippen LogP contribution in [0.15, 0.2) is 36.5 Å². The molecule has 0 saturated carbocycles. The minimum absolute atomic E-state index is 0.137. The highest BCUT2D eigenvalue weighted by Crippen LogP contribution is 2.07. The molecule has 2 nitrogen and oxygen atoms in total. The SMILES string of the molecule is CC=CC(C)C(N)CC=CCCC=CCC(C)C=O. The molecule has 0 aromatic heterocycles. The fraction of sp³-hybridized carbons (Fsp3) is 0.588. The van der Waals surface area contributed by atoms with Gasteiger partial charge in [-0.25, -0.2) is 0 Å². The Balaban J connectivity index is 3.66. The van der Waals surface area contributed by atoms with Crippen LogP contribution in [0.25, 0.3) is 0 Å². The molecule has 0 spiro atoms. The molecular formula is C17H29NO. The van der Waals surface area contributed by atoms with Crippen LogP contribution in [0.4, 0.5) is 0 Å². The fourth-order valence-electron chi connectivity index (χ4n) is 1.71. The normalized spacial score (nSPS) is 17.3. The lowest BCUT2D eigenvalue weighted by Gasteiger charge is -2.13. The molecule has 2 heteroatoms. The summed E-state index contributed by atoms with van der Waals surface area (Å²) in [7, 11) is 0. The van der Waals surface area contributed by atoms with E-state index >= 15 is 0 Å².